The lowest BCUT2D eigenvalue weighted by Crippen LogP contribution is -2.49. The van der Waals surface area contributed by atoms with Crippen LogP contribution in [0.2, 0.25) is 0 Å². The van der Waals surface area contributed by atoms with E-state index in [-0.39, 0.29) is 46.5 Å². The van der Waals surface area contributed by atoms with E-state index in [1.165, 1.54) is 10.6 Å². The molecule has 38 heavy (non-hydrogen) atoms. The van der Waals surface area contributed by atoms with E-state index in [0.717, 1.165) is 36.1 Å². The van der Waals surface area contributed by atoms with Gasteiger partial charge in [-0.15, -0.1) is 0 Å². The maximum atomic E-state index is 14.1. The van der Waals surface area contributed by atoms with Gasteiger partial charge in [0.15, 0.2) is 0 Å². The number of rotatable bonds is 6. The molecule has 1 saturated carbocycles. The number of phenolic OH excluding ortho intramolecular Hbond substituents is 1. The van der Waals surface area contributed by atoms with Gasteiger partial charge in [-0.05, 0) is 80.2 Å². The number of nitrogens with one attached hydrogen (secondary N) is 1. The minimum absolute atomic E-state index is 0.0817. The number of amides is 1. The number of halogens is 1. The third-order valence-electron chi connectivity index (χ3n) is 7.62. The van der Waals surface area contributed by atoms with Crippen molar-refractivity contribution in [1.29, 1.82) is 0 Å². The molecule has 202 valence electrons. The molecule has 1 aromatic carbocycles. The summed E-state index contributed by atoms with van der Waals surface area (Å²) in [6.45, 7) is 0. The number of aromatic hydroxyl groups is 1. The number of nitrogens with two attached hydrogens (primary N) is 1. The second kappa shape index (κ2) is 11.3. The van der Waals surface area contributed by atoms with E-state index in [9.17, 15) is 23.9 Å². The van der Waals surface area contributed by atoms with Crippen molar-refractivity contribution >= 4 is 28.7 Å². The molecule has 9 nitrogen and oxygen atoms in total. The summed E-state index contributed by atoms with van der Waals surface area (Å²) in [5.74, 6) is 1.11. The van der Waals surface area contributed by atoms with E-state index in [1.54, 1.807) is 28.8 Å². The number of nitrogens with zero attached hydrogens (tertiary/aromatic N) is 3. The Kier molecular flexibility index (Phi) is 7.85. The zero-order valence-corrected chi connectivity index (χ0v) is 21.8. The standard InChI is InChI=1S/C27H32FN5O4S/c28-17-14-22-24(30-15-17)32(20-9-11-38-12-10-20)27(37)33(26(22)36)19-5-3-18(4-6-19)31-25(35)23(29)13-16-1-7-21(34)8-2-16/h1-2,7-8,14-15,18-20,23,34H,3-6,9-13,29H2,(H,31,35). The molecule has 1 amide bonds. The Hall–Kier alpha value is -3.18. The number of carbonyl (C=O) groups is 1. The fourth-order valence-corrected chi connectivity index (χ4v) is 6.65. The van der Waals surface area contributed by atoms with Gasteiger partial charge in [-0.2, -0.15) is 11.8 Å². The molecule has 5 rings (SSSR count). The molecule has 0 spiro atoms. The van der Waals surface area contributed by atoms with Gasteiger partial charge in [0.2, 0.25) is 5.91 Å². The normalized spacial score (nSPS) is 21.3. The molecule has 1 aliphatic carbocycles. The van der Waals surface area contributed by atoms with Crippen molar-refractivity contribution in [1.82, 2.24) is 19.4 Å². The third kappa shape index (κ3) is 5.49. The van der Waals surface area contributed by atoms with Crippen LogP contribution in [-0.4, -0.2) is 48.7 Å². The summed E-state index contributed by atoms with van der Waals surface area (Å²) < 4.78 is 17.0. The monoisotopic (exact) mass is 541 g/mol. The Morgan fingerprint density at radius 1 is 1.08 bits per heavy atom. The zero-order chi connectivity index (χ0) is 26.8. The summed E-state index contributed by atoms with van der Waals surface area (Å²) in [6, 6.07) is 6.48. The Bertz CT molecular complexity index is 1430. The number of fused-ring (bicyclic) bond motifs is 1. The van der Waals surface area contributed by atoms with Crippen molar-refractivity contribution in [3.05, 3.63) is 68.7 Å². The molecule has 1 unspecified atom stereocenters. The van der Waals surface area contributed by atoms with Gasteiger partial charge in [-0.1, -0.05) is 12.1 Å². The molecule has 2 aliphatic rings. The number of phenols is 1. The van der Waals surface area contributed by atoms with E-state index in [4.69, 9.17) is 5.73 Å². The van der Waals surface area contributed by atoms with E-state index in [1.807, 2.05) is 11.8 Å². The van der Waals surface area contributed by atoms with Gasteiger partial charge >= 0.3 is 5.69 Å². The van der Waals surface area contributed by atoms with Crippen molar-refractivity contribution in [2.45, 2.75) is 69.1 Å². The van der Waals surface area contributed by atoms with Crippen LogP contribution in [0.25, 0.3) is 11.0 Å². The maximum absolute atomic E-state index is 14.1. The van der Waals surface area contributed by atoms with Crippen LogP contribution in [0.1, 0.15) is 56.2 Å². The van der Waals surface area contributed by atoms with Gasteiger partial charge in [-0.3, -0.25) is 18.7 Å². The maximum Gasteiger partial charge on any atom is 0.333 e. The highest BCUT2D eigenvalue weighted by Gasteiger charge is 2.30. The lowest BCUT2D eigenvalue weighted by molar-refractivity contribution is -0.123. The second-order valence-corrected chi connectivity index (χ2v) is 11.4. The fourth-order valence-electron chi connectivity index (χ4n) is 5.56. The van der Waals surface area contributed by atoms with Crippen LogP contribution >= 0.6 is 11.8 Å². The van der Waals surface area contributed by atoms with Crippen LogP contribution in [-0.2, 0) is 11.2 Å². The molecule has 0 bridgehead atoms. The van der Waals surface area contributed by atoms with E-state index >= 15 is 0 Å². The first kappa shape index (κ1) is 26.4. The second-order valence-electron chi connectivity index (χ2n) is 10.2. The lowest BCUT2D eigenvalue weighted by atomic mass is 9.90. The first-order valence-corrected chi connectivity index (χ1v) is 14.2. The number of benzene rings is 1. The first-order chi connectivity index (χ1) is 18.3. The summed E-state index contributed by atoms with van der Waals surface area (Å²) in [5, 5.41) is 12.6. The van der Waals surface area contributed by atoms with E-state index in [2.05, 4.69) is 10.3 Å². The van der Waals surface area contributed by atoms with Gasteiger partial charge < -0.3 is 16.2 Å². The van der Waals surface area contributed by atoms with Crippen LogP contribution < -0.4 is 22.3 Å². The summed E-state index contributed by atoms with van der Waals surface area (Å²) >= 11 is 1.83. The van der Waals surface area contributed by atoms with Crippen molar-refractivity contribution in [2.75, 3.05) is 11.5 Å². The Morgan fingerprint density at radius 3 is 2.42 bits per heavy atom. The van der Waals surface area contributed by atoms with Crippen LogP contribution in [0.5, 0.6) is 5.75 Å². The SMILES string of the molecule is NC(Cc1ccc(O)cc1)C(=O)NC1CCC(n2c(=O)c3cc(F)cnc3n(C3CCSCC3)c2=O)CC1. The lowest BCUT2D eigenvalue weighted by Gasteiger charge is -2.32. The predicted octanol–water partition coefficient (Wildman–Crippen LogP) is 2.64. The zero-order valence-electron chi connectivity index (χ0n) is 21.0. The fraction of sp³-hybridized carbons (Fsp3) is 0.481. The molecule has 1 atom stereocenters. The molecule has 0 radical (unpaired) electrons. The summed E-state index contributed by atoms with van der Waals surface area (Å²) in [5.41, 5.74) is 6.31. The van der Waals surface area contributed by atoms with Crippen molar-refractivity contribution < 1.29 is 14.3 Å². The van der Waals surface area contributed by atoms with Crippen LogP contribution in [0.15, 0.2) is 46.1 Å². The minimum Gasteiger partial charge on any atom is -0.508 e. The molecule has 4 N–H and O–H groups in total. The van der Waals surface area contributed by atoms with Gasteiger partial charge in [0.25, 0.3) is 5.56 Å². The highest BCUT2D eigenvalue weighted by atomic mass is 32.2. The average molecular weight is 542 g/mol. The topological polar surface area (TPSA) is 132 Å². The number of carbonyl (C=O) groups excluding carboxylic acids is 1. The van der Waals surface area contributed by atoms with E-state index < -0.39 is 17.4 Å². The summed E-state index contributed by atoms with van der Waals surface area (Å²) in [4.78, 5) is 44.0. The summed E-state index contributed by atoms with van der Waals surface area (Å²) in [7, 11) is 0. The molecule has 3 heterocycles. The minimum atomic E-state index is -0.733. The quantitative estimate of drug-likeness (QED) is 0.437. The average Bonchev–Trinajstić information content (AvgIpc) is 2.92. The Morgan fingerprint density at radius 2 is 1.74 bits per heavy atom. The first-order valence-electron chi connectivity index (χ1n) is 13.1. The number of hydrogen-bond donors (Lipinski definition) is 3. The van der Waals surface area contributed by atoms with Crippen molar-refractivity contribution in [3.8, 4) is 5.75 Å². The highest BCUT2D eigenvalue weighted by Crippen LogP contribution is 2.30. The number of aromatic nitrogens is 3. The number of thioether (sulfide) groups is 1. The van der Waals surface area contributed by atoms with E-state index in [0.29, 0.717) is 32.1 Å². The van der Waals surface area contributed by atoms with Crippen molar-refractivity contribution in [2.24, 2.45) is 5.73 Å². The van der Waals surface area contributed by atoms with Gasteiger partial charge in [0, 0.05) is 18.1 Å². The molecule has 3 aromatic rings. The molecular formula is C27H32FN5O4S. The number of hydrogen-bond acceptors (Lipinski definition) is 7. The molecule has 2 fully saturated rings. The van der Waals surface area contributed by atoms with Crippen molar-refractivity contribution in [3.63, 3.8) is 0 Å². The Balaban J connectivity index is 1.32. The molecule has 2 aromatic heterocycles. The Labute approximate surface area is 223 Å². The van der Waals surface area contributed by atoms with Crippen LogP contribution in [0, 0.1) is 5.82 Å². The van der Waals surface area contributed by atoms with Gasteiger partial charge in [-0.25, -0.2) is 14.2 Å². The van der Waals surface area contributed by atoms with Crippen LogP contribution in [0.3, 0.4) is 0 Å². The van der Waals surface area contributed by atoms with Gasteiger partial charge in [0.05, 0.1) is 17.6 Å². The predicted molar refractivity (Wildman–Crippen MR) is 145 cm³/mol. The van der Waals surface area contributed by atoms with Gasteiger partial charge in [0.1, 0.15) is 17.2 Å². The van der Waals surface area contributed by atoms with Crippen LogP contribution in [0.4, 0.5) is 4.39 Å². The smallest absolute Gasteiger partial charge is 0.333 e. The number of pyridine rings is 1. The largest absolute Gasteiger partial charge is 0.508 e. The molecular weight excluding hydrogens is 509 g/mol. The third-order valence-corrected chi connectivity index (χ3v) is 8.66. The molecule has 1 saturated heterocycles. The summed E-state index contributed by atoms with van der Waals surface area (Å²) in [6.07, 6.45) is 5.23. The molecule has 11 heteroatoms. The molecule has 1 aliphatic heterocycles. The highest BCUT2D eigenvalue weighted by molar-refractivity contribution is 7.99.